The van der Waals surface area contributed by atoms with Gasteiger partial charge in [-0.1, -0.05) is 30.3 Å². The maximum atomic E-state index is 14.4. The molecule has 0 radical (unpaired) electrons. The van der Waals surface area contributed by atoms with Crippen molar-refractivity contribution in [2.24, 2.45) is 0 Å². The molecule has 0 bridgehead atoms. The molecule has 0 aromatic heterocycles. The van der Waals surface area contributed by atoms with E-state index in [0.717, 1.165) is 17.0 Å². The number of para-hydroxylation sites is 1. The minimum absolute atomic E-state index is 0.0524. The van der Waals surface area contributed by atoms with Crippen molar-refractivity contribution < 1.29 is 13.9 Å². The van der Waals surface area contributed by atoms with Crippen molar-refractivity contribution in [1.29, 1.82) is 0 Å². The van der Waals surface area contributed by atoms with E-state index in [2.05, 4.69) is 16.5 Å². The standard InChI is InChI=1S/C22H22FN3O2/c1-15(27)25-12-10-22(11-13-25)26-20(17-7-3-5-9-21(17)28-22)14-19(24-26)16-6-2-4-8-18(16)23/h2-9,14,20,24H,10-13H2,1H3/t20-/m0/s1. The lowest BCUT2D eigenvalue weighted by molar-refractivity contribution is -0.165. The zero-order chi connectivity index (χ0) is 19.3. The van der Waals surface area contributed by atoms with Crippen LogP contribution >= 0.6 is 0 Å². The lowest BCUT2D eigenvalue weighted by Crippen LogP contribution is -2.64. The second kappa shape index (κ2) is 6.34. The van der Waals surface area contributed by atoms with Gasteiger partial charge in [-0.15, -0.1) is 0 Å². The van der Waals surface area contributed by atoms with Crippen molar-refractivity contribution in [3.05, 3.63) is 71.6 Å². The van der Waals surface area contributed by atoms with E-state index in [0.29, 0.717) is 31.5 Å². The highest BCUT2D eigenvalue weighted by atomic mass is 19.1. The largest absolute Gasteiger partial charge is 0.470 e. The van der Waals surface area contributed by atoms with Crippen LogP contribution in [0.1, 0.15) is 36.9 Å². The Balaban J connectivity index is 1.54. The molecule has 5 rings (SSSR count). The second-order valence-corrected chi connectivity index (χ2v) is 7.58. The van der Waals surface area contributed by atoms with Gasteiger partial charge in [-0.3, -0.25) is 4.79 Å². The third-order valence-corrected chi connectivity index (χ3v) is 5.97. The van der Waals surface area contributed by atoms with E-state index in [1.165, 1.54) is 6.07 Å². The van der Waals surface area contributed by atoms with E-state index in [1.54, 1.807) is 19.1 Å². The molecule has 5 nitrogen and oxygen atoms in total. The van der Waals surface area contributed by atoms with Crippen LogP contribution in [0, 0.1) is 5.82 Å². The Hall–Kier alpha value is -2.86. The number of benzene rings is 2. The number of ether oxygens (including phenoxy) is 1. The van der Waals surface area contributed by atoms with Gasteiger partial charge in [-0.25, -0.2) is 4.39 Å². The Kier molecular flexibility index (Phi) is 3.91. The van der Waals surface area contributed by atoms with Gasteiger partial charge < -0.3 is 15.1 Å². The highest BCUT2D eigenvalue weighted by Gasteiger charge is 2.51. The Labute approximate surface area is 163 Å². The van der Waals surface area contributed by atoms with Crippen LogP contribution in [0.3, 0.4) is 0 Å². The SMILES string of the molecule is CC(=O)N1CCC2(CC1)Oc1ccccc1[C@@H]1C=C(c3ccccc3F)NN12. The van der Waals surface area contributed by atoms with Crippen LogP contribution in [0.2, 0.25) is 0 Å². The molecule has 28 heavy (non-hydrogen) atoms. The molecule has 1 amide bonds. The number of piperidine rings is 1. The molecule has 3 heterocycles. The highest BCUT2D eigenvalue weighted by Crippen LogP contribution is 2.48. The number of halogens is 1. The number of hydrogen-bond donors (Lipinski definition) is 1. The minimum Gasteiger partial charge on any atom is -0.470 e. The lowest BCUT2D eigenvalue weighted by atomic mass is 9.92. The first-order valence-electron chi connectivity index (χ1n) is 9.64. The molecule has 0 aliphatic carbocycles. The third kappa shape index (κ3) is 2.59. The number of likely N-dealkylation sites (tertiary alicyclic amines) is 1. The van der Waals surface area contributed by atoms with Gasteiger partial charge in [0.15, 0.2) is 5.72 Å². The van der Waals surface area contributed by atoms with Gasteiger partial charge in [-0.2, -0.15) is 5.01 Å². The molecule has 0 saturated carbocycles. The quantitative estimate of drug-likeness (QED) is 0.824. The van der Waals surface area contributed by atoms with Crippen molar-refractivity contribution in [1.82, 2.24) is 15.3 Å². The van der Waals surface area contributed by atoms with Crippen molar-refractivity contribution in [3.8, 4) is 5.75 Å². The van der Waals surface area contributed by atoms with E-state index >= 15 is 0 Å². The molecule has 2 aromatic rings. The molecule has 3 aliphatic heterocycles. The zero-order valence-corrected chi connectivity index (χ0v) is 15.7. The number of nitrogens with zero attached hydrogens (tertiary/aromatic N) is 2. The van der Waals surface area contributed by atoms with E-state index < -0.39 is 5.72 Å². The highest BCUT2D eigenvalue weighted by molar-refractivity contribution is 5.73. The normalized spacial score (nSPS) is 22.7. The molecule has 1 atom stereocenters. The molecule has 1 saturated heterocycles. The van der Waals surface area contributed by atoms with Gasteiger partial charge in [0.05, 0.1) is 11.7 Å². The van der Waals surface area contributed by atoms with Gasteiger partial charge >= 0.3 is 0 Å². The Morgan fingerprint density at radius 2 is 1.86 bits per heavy atom. The topological polar surface area (TPSA) is 44.8 Å². The predicted octanol–water partition coefficient (Wildman–Crippen LogP) is 3.46. The first-order valence-corrected chi connectivity index (χ1v) is 9.64. The van der Waals surface area contributed by atoms with Gasteiger partial charge in [-0.05, 0) is 24.3 Å². The van der Waals surface area contributed by atoms with Crippen molar-refractivity contribution in [2.75, 3.05) is 13.1 Å². The molecule has 1 spiro atoms. The summed E-state index contributed by atoms with van der Waals surface area (Å²) in [5.74, 6) is 0.686. The molecular formula is C22H22FN3O2. The number of hydrogen-bond acceptors (Lipinski definition) is 4. The number of amides is 1. The Morgan fingerprint density at radius 1 is 1.14 bits per heavy atom. The van der Waals surface area contributed by atoms with Gasteiger partial charge in [0.25, 0.3) is 0 Å². The van der Waals surface area contributed by atoms with Crippen LogP contribution in [-0.2, 0) is 4.79 Å². The minimum atomic E-state index is -0.575. The fraction of sp³-hybridized carbons (Fsp3) is 0.318. The van der Waals surface area contributed by atoms with Gasteiger partial charge in [0, 0.05) is 44.0 Å². The average molecular weight is 379 g/mol. The summed E-state index contributed by atoms with van der Waals surface area (Å²) >= 11 is 0. The van der Waals surface area contributed by atoms with E-state index in [-0.39, 0.29) is 17.8 Å². The summed E-state index contributed by atoms with van der Waals surface area (Å²) in [6, 6.07) is 14.7. The number of nitrogens with one attached hydrogen (secondary N) is 1. The smallest absolute Gasteiger partial charge is 0.219 e. The van der Waals surface area contributed by atoms with Crippen molar-refractivity contribution in [3.63, 3.8) is 0 Å². The van der Waals surface area contributed by atoms with Crippen LogP contribution in [0.5, 0.6) is 5.75 Å². The molecule has 2 aromatic carbocycles. The van der Waals surface area contributed by atoms with Crippen LogP contribution in [-0.4, -0.2) is 34.6 Å². The fourth-order valence-corrected chi connectivity index (χ4v) is 4.47. The van der Waals surface area contributed by atoms with Crippen molar-refractivity contribution >= 4 is 11.6 Å². The molecular weight excluding hydrogens is 357 g/mol. The second-order valence-electron chi connectivity index (χ2n) is 7.58. The fourth-order valence-electron chi connectivity index (χ4n) is 4.47. The van der Waals surface area contributed by atoms with Crippen LogP contribution < -0.4 is 10.2 Å². The molecule has 1 N–H and O–H groups in total. The summed E-state index contributed by atoms with van der Waals surface area (Å²) < 4.78 is 20.9. The summed E-state index contributed by atoms with van der Waals surface area (Å²) in [6.45, 7) is 2.87. The zero-order valence-electron chi connectivity index (χ0n) is 15.7. The van der Waals surface area contributed by atoms with Crippen LogP contribution in [0.4, 0.5) is 4.39 Å². The maximum Gasteiger partial charge on any atom is 0.219 e. The number of carbonyl (C=O) groups excluding carboxylic acids is 1. The summed E-state index contributed by atoms with van der Waals surface area (Å²) in [6.07, 6.45) is 3.43. The monoisotopic (exact) mass is 379 g/mol. The summed E-state index contributed by atoms with van der Waals surface area (Å²) in [4.78, 5) is 13.6. The number of carbonyl (C=O) groups is 1. The van der Waals surface area contributed by atoms with Crippen LogP contribution in [0.15, 0.2) is 54.6 Å². The molecule has 0 unspecified atom stereocenters. The molecule has 1 fully saturated rings. The molecule has 6 heteroatoms. The molecule has 144 valence electrons. The number of fused-ring (bicyclic) bond motifs is 4. The molecule has 3 aliphatic rings. The summed E-state index contributed by atoms with van der Waals surface area (Å²) in [5.41, 5.74) is 5.20. The first kappa shape index (κ1) is 17.3. The summed E-state index contributed by atoms with van der Waals surface area (Å²) in [7, 11) is 0. The third-order valence-electron chi connectivity index (χ3n) is 5.97. The lowest BCUT2D eigenvalue weighted by Gasteiger charge is -2.51. The van der Waals surface area contributed by atoms with Crippen molar-refractivity contribution in [2.45, 2.75) is 31.5 Å². The predicted molar refractivity (Wildman–Crippen MR) is 103 cm³/mol. The van der Waals surface area contributed by atoms with E-state index in [4.69, 9.17) is 4.74 Å². The van der Waals surface area contributed by atoms with E-state index in [1.807, 2.05) is 35.2 Å². The first-order chi connectivity index (χ1) is 13.6. The van der Waals surface area contributed by atoms with Gasteiger partial charge in [0.2, 0.25) is 5.91 Å². The van der Waals surface area contributed by atoms with Crippen LogP contribution in [0.25, 0.3) is 5.70 Å². The Morgan fingerprint density at radius 3 is 2.61 bits per heavy atom. The number of rotatable bonds is 1. The Bertz CT molecular complexity index is 966. The number of hydrazine groups is 1. The maximum absolute atomic E-state index is 14.4. The van der Waals surface area contributed by atoms with Gasteiger partial charge in [0.1, 0.15) is 11.6 Å². The summed E-state index contributed by atoms with van der Waals surface area (Å²) in [5, 5.41) is 2.11. The van der Waals surface area contributed by atoms with E-state index in [9.17, 15) is 9.18 Å². The average Bonchev–Trinajstić information content (AvgIpc) is 3.15.